The topological polar surface area (TPSA) is 49.4 Å². The van der Waals surface area contributed by atoms with Gasteiger partial charge < -0.3 is 10.2 Å². The Bertz CT molecular complexity index is 1070. The highest BCUT2D eigenvalue weighted by molar-refractivity contribution is 6.30. The molecule has 178 valence electrons. The summed E-state index contributed by atoms with van der Waals surface area (Å²) in [6, 6.07) is 22.1. The van der Waals surface area contributed by atoms with Crippen LogP contribution in [-0.2, 0) is 29.0 Å². The largest absolute Gasteiger partial charge is 0.354 e. The number of rotatable bonds is 10. The van der Waals surface area contributed by atoms with Crippen molar-refractivity contribution in [2.24, 2.45) is 5.92 Å². The molecule has 0 spiro atoms. The molecular formula is C28H30ClFN2O2. The first kappa shape index (κ1) is 25.4. The van der Waals surface area contributed by atoms with Crippen LogP contribution in [0.1, 0.15) is 30.5 Å². The Morgan fingerprint density at radius 3 is 2.12 bits per heavy atom. The molecule has 0 aromatic heterocycles. The molecule has 3 aromatic rings. The second kappa shape index (κ2) is 12.3. The van der Waals surface area contributed by atoms with Crippen molar-refractivity contribution >= 4 is 23.4 Å². The summed E-state index contributed by atoms with van der Waals surface area (Å²) in [4.78, 5) is 28.6. The van der Waals surface area contributed by atoms with Crippen molar-refractivity contribution in [3.63, 3.8) is 0 Å². The quantitative estimate of drug-likeness (QED) is 0.420. The van der Waals surface area contributed by atoms with E-state index < -0.39 is 6.04 Å². The maximum absolute atomic E-state index is 13.6. The van der Waals surface area contributed by atoms with Crippen molar-refractivity contribution in [3.05, 3.63) is 106 Å². The van der Waals surface area contributed by atoms with Gasteiger partial charge in [-0.25, -0.2) is 4.39 Å². The van der Waals surface area contributed by atoms with Gasteiger partial charge in [0, 0.05) is 24.5 Å². The molecule has 3 aromatic carbocycles. The van der Waals surface area contributed by atoms with Gasteiger partial charge in [0.25, 0.3) is 0 Å². The predicted octanol–water partition coefficient (Wildman–Crippen LogP) is 5.43. The van der Waals surface area contributed by atoms with Crippen molar-refractivity contribution in [3.8, 4) is 0 Å². The highest BCUT2D eigenvalue weighted by Gasteiger charge is 2.30. The third-order valence-electron chi connectivity index (χ3n) is 5.49. The molecule has 0 heterocycles. The average molecular weight is 481 g/mol. The second-order valence-corrected chi connectivity index (χ2v) is 9.23. The zero-order chi connectivity index (χ0) is 24.5. The Kier molecular flexibility index (Phi) is 9.23. The van der Waals surface area contributed by atoms with Crippen LogP contribution in [0.15, 0.2) is 78.9 Å². The number of hydrogen-bond acceptors (Lipinski definition) is 2. The Labute approximate surface area is 205 Å². The van der Waals surface area contributed by atoms with Crippen molar-refractivity contribution < 1.29 is 14.0 Å². The fraction of sp³-hybridized carbons (Fsp3) is 0.286. The van der Waals surface area contributed by atoms with E-state index in [9.17, 15) is 14.0 Å². The average Bonchev–Trinajstić information content (AvgIpc) is 2.83. The molecule has 0 radical (unpaired) electrons. The molecule has 1 atom stereocenters. The van der Waals surface area contributed by atoms with E-state index in [0.717, 1.165) is 11.1 Å². The van der Waals surface area contributed by atoms with Crippen LogP contribution < -0.4 is 5.32 Å². The highest BCUT2D eigenvalue weighted by Crippen LogP contribution is 2.18. The number of halogens is 2. The first-order valence-electron chi connectivity index (χ1n) is 11.4. The fourth-order valence-corrected chi connectivity index (χ4v) is 3.77. The van der Waals surface area contributed by atoms with Gasteiger partial charge in [-0.3, -0.25) is 9.59 Å². The zero-order valence-corrected chi connectivity index (χ0v) is 20.3. The van der Waals surface area contributed by atoms with E-state index in [1.807, 2.05) is 56.3 Å². The Hall–Kier alpha value is -3.18. The summed E-state index contributed by atoms with van der Waals surface area (Å²) >= 11 is 6.05. The maximum Gasteiger partial charge on any atom is 0.243 e. The van der Waals surface area contributed by atoms with Crippen LogP contribution in [0, 0.1) is 11.7 Å². The van der Waals surface area contributed by atoms with Crippen LogP contribution in [0.25, 0.3) is 0 Å². The molecule has 0 aliphatic carbocycles. The van der Waals surface area contributed by atoms with Gasteiger partial charge in [-0.2, -0.15) is 0 Å². The summed E-state index contributed by atoms with van der Waals surface area (Å²) in [6.07, 6.45) is 0.449. The van der Waals surface area contributed by atoms with E-state index in [1.54, 1.807) is 29.2 Å². The van der Waals surface area contributed by atoms with E-state index in [-0.39, 0.29) is 36.5 Å². The Morgan fingerprint density at radius 1 is 0.882 bits per heavy atom. The lowest BCUT2D eigenvalue weighted by Gasteiger charge is -2.32. The van der Waals surface area contributed by atoms with Crippen LogP contribution >= 0.6 is 11.6 Å². The van der Waals surface area contributed by atoms with Crippen molar-refractivity contribution in [2.45, 2.75) is 39.3 Å². The molecule has 3 rings (SSSR count). The molecule has 0 aliphatic heterocycles. The Morgan fingerprint density at radius 2 is 1.50 bits per heavy atom. The lowest BCUT2D eigenvalue weighted by molar-refractivity contribution is -0.140. The molecule has 1 unspecified atom stereocenters. The summed E-state index contributed by atoms with van der Waals surface area (Å²) in [5, 5.41) is 3.60. The first-order chi connectivity index (χ1) is 16.3. The van der Waals surface area contributed by atoms with E-state index in [2.05, 4.69) is 5.32 Å². The minimum Gasteiger partial charge on any atom is -0.354 e. The summed E-state index contributed by atoms with van der Waals surface area (Å²) in [7, 11) is 0. The van der Waals surface area contributed by atoms with Crippen molar-refractivity contribution in [2.75, 3.05) is 6.54 Å². The molecule has 4 nitrogen and oxygen atoms in total. The van der Waals surface area contributed by atoms with Crippen LogP contribution in [-0.4, -0.2) is 29.3 Å². The molecule has 0 saturated carbocycles. The highest BCUT2D eigenvalue weighted by atomic mass is 35.5. The number of benzene rings is 3. The molecule has 34 heavy (non-hydrogen) atoms. The standard InChI is InChI=1S/C28H30ClFN2O2/c1-20(2)18-31-28(34)26(16-21-6-4-3-5-7-21)32(19-23-8-12-24(29)13-9-23)27(33)17-22-10-14-25(30)15-11-22/h3-15,20,26H,16-19H2,1-2H3,(H,31,34). The van der Waals surface area contributed by atoms with E-state index in [4.69, 9.17) is 11.6 Å². The van der Waals surface area contributed by atoms with Gasteiger partial charge in [0.2, 0.25) is 11.8 Å². The van der Waals surface area contributed by atoms with Gasteiger partial charge in [0.15, 0.2) is 0 Å². The van der Waals surface area contributed by atoms with Crippen LogP contribution in [0.2, 0.25) is 5.02 Å². The van der Waals surface area contributed by atoms with Gasteiger partial charge in [-0.1, -0.05) is 80.0 Å². The smallest absolute Gasteiger partial charge is 0.243 e. The number of carbonyl (C=O) groups excluding carboxylic acids is 2. The van der Waals surface area contributed by atoms with Crippen LogP contribution in [0.5, 0.6) is 0 Å². The third kappa shape index (κ3) is 7.70. The predicted molar refractivity (Wildman–Crippen MR) is 134 cm³/mol. The van der Waals surface area contributed by atoms with Crippen LogP contribution in [0.3, 0.4) is 0 Å². The van der Waals surface area contributed by atoms with E-state index in [0.29, 0.717) is 23.6 Å². The maximum atomic E-state index is 13.6. The number of nitrogens with one attached hydrogen (secondary N) is 1. The number of hydrogen-bond donors (Lipinski definition) is 1. The van der Waals surface area contributed by atoms with Crippen molar-refractivity contribution in [1.29, 1.82) is 0 Å². The van der Waals surface area contributed by atoms with Gasteiger partial charge in [-0.05, 0) is 46.9 Å². The molecule has 6 heteroatoms. The zero-order valence-electron chi connectivity index (χ0n) is 19.5. The number of nitrogens with zero attached hydrogens (tertiary/aromatic N) is 1. The van der Waals surface area contributed by atoms with Gasteiger partial charge in [0.1, 0.15) is 11.9 Å². The van der Waals surface area contributed by atoms with Gasteiger partial charge in [-0.15, -0.1) is 0 Å². The van der Waals surface area contributed by atoms with Crippen molar-refractivity contribution in [1.82, 2.24) is 10.2 Å². The molecule has 1 N–H and O–H groups in total. The summed E-state index contributed by atoms with van der Waals surface area (Å²) in [5.74, 6) is -0.480. The molecule has 2 amide bonds. The van der Waals surface area contributed by atoms with Gasteiger partial charge >= 0.3 is 0 Å². The second-order valence-electron chi connectivity index (χ2n) is 8.80. The summed E-state index contributed by atoms with van der Waals surface area (Å²) < 4.78 is 13.4. The molecule has 0 saturated heterocycles. The number of amides is 2. The fourth-order valence-electron chi connectivity index (χ4n) is 3.64. The van der Waals surface area contributed by atoms with E-state index >= 15 is 0 Å². The third-order valence-corrected chi connectivity index (χ3v) is 5.74. The first-order valence-corrected chi connectivity index (χ1v) is 11.8. The molecular weight excluding hydrogens is 451 g/mol. The van der Waals surface area contributed by atoms with Gasteiger partial charge in [0.05, 0.1) is 6.42 Å². The number of carbonyl (C=O) groups is 2. The minimum atomic E-state index is -0.704. The lowest BCUT2D eigenvalue weighted by atomic mass is 10.0. The van der Waals surface area contributed by atoms with Crippen LogP contribution in [0.4, 0.5) is 4.39 Å². The van der Waals surface area contributed by atoms with E-state index in [1.165, 1.54) is 12.1 Å². The summed E-state index contributed by atoms with van der Waals surface area (Å²) in [5.41, 5.74) is 2.52. The molecule has 0 aliphatic rings. The SMILES string of the molecule is CC(C)CNC(=O)C(Cc1ccccc1)N(Cc1ccc(Cl)cc1)C(=O)Cc1ccc(F)cc1. The molecule has 0 bridgehead atoms. The summed E-state index contributed by atoms with van der Waals surface area (Å²) in [6.45, 7) is 4.82. The minimum absolute atomic E-state index is 0.0661. The molecule has 0 fully saturated rings. The lowest BCUT2D eigenvalue weighted by Crippen LogP contribution is -2.51. The normalized spacial score (nSPS) is 11.8. The monoisotopic (exact) mass is 480 g/mol. The Balaban J connectivity index is 1.93.